The van der Waals surface area contributed by atoms with E-state index in [1.165, 1.54) is 28.8 Å². The summed E-state index contributed by atoms with van der Waals surface area (Å²) in [5.41, 5.74) is 6.68. The van der Waals surface area contributed by atoms with Crippen LogP contribution in [0.25, 0.3) is 22.8 Å². The molecule has 0 radical (unpaired) electrons. The van der Waals surface area contributed by atoms with Crippen LogP contribution in [0.3, 0.4) is 0 Å². The Morgan fingerprint density at radius 1 is 1.03 bits per heavy atom. The van der Waals surface area contributed by atoms with Crippen molar-refractivity contribution in [2.24, 2.45) is 0 Å². The Kier molecular flexibility index (Phi) is 6.71. The maximum absolute atomic E-state index is 13.3. The lowest BCUT2D eigenvalue weighted by Crippen LogP contribution is -2.28. The van der Waals surface area contributed by atoms with Gasteiger partial charge in [0.1, 0.15) is 5.82 Å². The molecule has 0 bridgehead atoms. The van der Waals surface area contributed by atoms with Gasteiger partial charge in [0.05, 0.1) is 6.26 Å². The number of nitrogens with one attached hydrogen (secondary N) is 1. The first-order valence-electron chi connectivity index (χ1n) is 12.9. The van der Waals surface area contributed by atoms with Gasteiger partial charge in [0.15, 0.2) is 11.4 Å². The van der Waals surface area contributed by atoms with Crippen molar-refractivity contribution in [1.82, 2.24) is 24.5 Å². The second-order valence-corrected chi connectivity index (χ2v) is 9.58. The minimum absolute atomic E-state index is 0.210. The Labute approximate surface area is 220 Å². The first kappa shape index (κ1) is 24.1. The van der Waals surface area contributed by atoms with Gasteiger partial charge in [-0.25, -0.2) is 14.4 Å². The number of halogens is 1. The van der Waals surface area contributed by atoms with Gasteiger partial charge in [-0.15, -0.1) is 5.10 Å². The highest BCUT2D eigenvalue weighted by Crippen LogP contribution is 2.25. The molecule has 0 atom stereocenters. The molecule has 1 aliphatic rings. The van der Waals surface area contributed by atoms with Crippen LogP contribution >= 0.6 is 0 Å². The van der Waals surface area contributed by atoms with Crippen LogP contribution in [0, 0.1) is 12.7 Å². The number of rotatable bonds is 8. The summed E-state index contributed by atoms with van der Waals surface area (Å²) in [6, 6.07) is 18.8. The van der Waals surface area contributed by atoms with Crippen LogP contribution in [0.4, 0.5) is 10.3 Å². The molecule has 0 fully saturated rings. The molecule has 1 aliphatic heterocycles. The van der Waals surface area contributed by atoms with Crippen LogP contribution in [0.2, 0.25) is 0 Å². The summed E-state index contributed by atoms with van der Waals surface area (Å²) < 4.78 is 20.7. The van der Waals surface area contributed by atoms with Gasteiger partial charge in [0.2, 0.25) is 11.8 Å². The van der Waals surface area contributed by atoms with E-state index in [0.29, 0.717) is 24.1 Å². The number of fused-ring (bicyclic) bond motifs is 1. The van der Waals surface area contributed by atoms with Crippen molar-refractivity contribution in [1.29, 1.82) is 0 Å². The van der Waals surface area contributed by atoms with Crippen molar-refractivity contribution in [2.45, 2.75) is 26.3 Å². The molecule has 6 rings (SSSR count). The van der Waals surface area contributed by atoms with Gasteiger partial charge in [-0.3, -0.25) is 4.90 Å². The quantitative estimate of drug-likeness (QED) is 0.287. The fourth-order valence-corrected chi connectivity index (χ4v) is 4.88. The number of benzene rings is 2. The monoisotopic (exact) mass is 508 g/mol. The van der Waals surface area contributed by atoms with E-state index in [0.717, 1.165) is 49.2 Å². The summed E-state index contributed by atoms with van der Waals surface area (Å²) in [4.78, 5) is 11.9. The maximum Gasteiger partial charge on any atom is 0.225 e. The molecule has 1 N–H and O–H groups in total. The first-order chi connectivity index (χ1) is 18.6. The second-order valence-electron chi connectivity index (χ2n) is 9.58. The minimum atomic E-state index is -0.210. The van der Waals surface area contributed by atoms with E-state index in [-0.39, 0.29) is 5.82 Å². The summed E-state index contributed by atoms with van der Waals surface area (Å²) in [5.74, 6) is 1.59. The fourth-order valence-electron chi connectivity index (χ4n) is 4.88. The van der Waals surface area contributed by atoms with Crippen molar-refractivity contribution in [3.63, 3.8) is 0 Å². The topological polar surface area (TPSA) is 71.5 Å². The zero-order valence-corrected chi connectivity index (χ0v) is 21.3. The lowest BCUT2D eigenvalue weighted by atomic mass is 9.99. The van der Waals surface area contributed by atoms with E-state index >= 15 is 0 Å². The Hall–Kier alpha value is -4.30. The van der Waals surface area contributed by atoms with Crippen molar-refractivity contribution in [3.05, 3.63) is 107 Å². The molecule has 5 aromatic rings. The van der Waals surface area contributed by atoms with E-state index in [9.17, 15) is 4.39 Å². The highest BCUT2D eigenvalue weighted by molar-refractivity contribution is 5.66. The number of aromatic nitrogens is 4. The van der Waals surface area contributed by atoms with Crippen molar-refractivity contribution in [3.8, 4) is 11.6 Å². The van der Waals surface area contributed by atoms with E-state index in [4.69, 9.17) is 19.5 Å². The normalized spacial score (nSPS) is 14.1. The second kappa shape index (κ2) is 10.6. The number of anilines is 1. The molecule has 2 aromatic carbocycles. The van der Waals surface area contributed by atoms with Gasteiger partial charge in [-0.2, -0.15) is 4.52 Å². The molecule has 7 nitrogen and oxygen atoms in total. The molecule has 4 heterocycles. The highest BCUT2D eigenvalue weighted by Gasteiger charge is 2.19. The number of aryl methyl sites for hydroxylation is 1. The molecule has 38 heavy (non-hydrogen) atoms. The molecule has 0 aliphatic carbocycles. The van der Waals surface area contributed by atoms with Crippen LogP contribution in [-0.2, 0) is 13.0 Å². The van der Waals surface area contributed by atoms with Crippen LogP contribution in [-0.4, -0.2) is 44.1 Å². The third-order valence-corrected chi connectivity index (χ3v) is 7.02. The SMILES string of the molecule is Cc1ccccc1CCNc1ncc(CN2CC=C(c3ccc(F)cc3)CC2)c2nc(-c3ccco3)nn12. The molecule has 0 spiro atoms. The Balaban J connectivity index is 1.22. The Bertz CT molecular complexity index is 1570. The van der Waals surface area contributed by atoms with Crippen molar-refractivity contribution >= 4 is 17.2 Å². The summed E-state index contributed by atoms with van der Waals surface area (Å²) in [6.07, 6.45) is 7.53. The molecule has 0 saturated carbocycles. The van der Waals surface area contributed by atoms with E-state index < -0.39 is 0 Å². The molecular weight excluding hydrogens is 479 g/mol. The minimum Gasteiger partial charge on any atom is -0.461 e. The van der Waals surface area contributed by atoms with Crippen LogP contribution < -0.4 is 5.32 Å². The van der Waals surface area contributed by atoms with Gasteiger partial charge in [0, 0.05) is 37.9 Å². The maximum atomic E-state index is 13.3. The summed E-state index contributed by atoms with van der Waals surface area (Å²) in [7, 11) is 0. The largest absolute Gasteiger partial charge is 0.461 e. The zero-order chi connectivity index (χ0) is 25.9. The zero-order valence-electron chi connectivity index (χ0n) is 21.3. The fraction of sp³-hybridized carbons (Fsp3) is 0.233. The van der Waals surface area contributed by atoms with Gasteiger partial charge in [-0.1, -0.05) is 42.5 Å². The van der Waals surface area contributed by atoms with E-state index in [1.807, 2.05) is 30.5 Å². The molecule has 3 aromatic heterocycles. The molecule has 8 heteroatoms. The third kappa shape index (κ3) is 5.08. The van der Waals surface area contributed by atoms with E-state index in [2.05, 4.69) is 47.5 Å². The van der Waals surface area contributed by atoms with Gasteiger partial charge in [0.25, 0.3) is 0 Å². The van der Waals surface area contributed by atoms with Gasteiger partial charge < -0.3 is 9.73 Å². The first-order valence-corrected chi connectivity index (χ1v) is 12.9. The number of furan rings is 1. The van der Waals surface area contributed by atoms with Crippen LogP contribution in [0.15, 0.2) is 83.6 Å². The smallest absolute Gasteiger partial charge is 0.225 e. The van der Waals surface area contributed by atoms with Gasteiger partial charge >= 0.3 is 0 Å². The molecule has 0 unspecified atom stereocenters. The van der Waals surface area contributed by atoms with Crippen LogP contribution in [0.5, 0.6) is 0 Å². The van der Waals surface area contributed by atoms with Gasteiger partial charge in [-0.05, 0) is 66.3 Å². The molecular formula is C30H29FN6O. The average molecular weight is 509 g/mol. The summed E-state index contributed by atoms with van der Waals surface area (Å²) in [6.45, 7) is 5.25. The standard InChI is InChI=1S/C30H29FN6O/c1-21-5-2-3-6-22(21)12-15-32-30-33-19-25(29-34-28(35-37(29)30)27-7-4-18-38-27)20-36-16-13-24(14-17-36)23-8-10-26(31)11-9-23/h2-11,13,18-19H,12,14-17,20H2,1H3,(H,32,33). The number of hydrogen-bond donors (Lipinski definition) is 1. The summed E-state index contributed by atoms with van der Waals surface area (Å²) in [5, 5.41) is 8.19. The lowest BCUT2D eigenvalue weighted by molar-refractivity contribution is 0.294. The molecule has 192 valence electrons. The molecule has 0 amide bonds. The number of hydrogen-bond acceptors (Lipinski definition) is 6. The van der Waals surface area contributed by atoms with Crippen LogP contribution in [0.1, 0.15) is 28.7 Å². The summed E-state index contributed by atoms with van der Waals surface area (Å²) >= 11 is 0. The predicted molar refractivity (Wildman–Crippen MR) is 146 cm³/mol. The Morgan fingerprint density at radius 3 is 2.66 bits per heavy atom. The number of nitrogens with zero attached hydrogens (tertiary/aromatic N) is 5. The Morgan fingerprint density at radius 2 is 1.89 bits per heavy atom. The third-order valence-electron chi connectivity index (χ3n) is 7.02. The highest BCUT2D eigenvalue weighted by atomic mass is 19.1. The van der Waals surface area contributed by atoms with Crippen molar-refractivity contribution in [2.75, 3.05) is 25.0 Å². The van der Waals surface area contributed by atoms with E-state index in [1.54, 1.807) is 10.8 Å². The predicted octanol–water partition coefficient (Wildman–Crippen LogP) is 5.78. The lowest BCUT2D eigenvalue weighted by Gasteiger charge is -2.26. The molecule has 0 saturated heterocycles. The average Bonchev–Trinajstić information content (AvgIpc) is 3.63. The van der Waals surface area contributed by atoms with Crippen molar-refractivity contribution < 1.29 is 8.81 Å².